The molecule has 0 saturated heterocycles. The molecule has 0 bridgehead atoms. The number of amides is 1. The summed E-state index contributed by atoms with van der Waals surface area (Å²) in [6.07, 6.45) is 0. The lowest BCUT2D eigenvalue weighted by atomic mass is 10.2. The maximum atomic E-state index is 13.0. The van der Waals surface area contributed by atoms with Crippen LogP contribution in [0, 0.1) is 0 Å². The smallest absolute Gasteiger partial charge is 0.282 e. The van der Waals surface area contributed by atoms with Crippen LogP contribution in [-0.4, -0.2) is 39.0 Å². The second kappa shape index (κ2) is 10.2. The van der Waals surface area contributed by atoms with Gasteiger partial charge in [0.1, 0.15) is 4.90 Å². The summed E-state index contributed by atoms with van der Waals surface area (Å²) in [4.78, 5) is 12.3. The van der Waals surface area contributed by atoms with E-state index in [1.54, 1.807) is 30.3 Å². The zero-order valence-corrected chi connectivity index (χ0v) is 21.9. The summed E-state index contributed by atoms with van der Waals surface area (Å²) in [5, 5.41) is 12.5. The summed E-state index contributed by atoms with van der Waals surface area (Å²) < 4.78 is 60.1. The van der Waals surface area contributed by atoms with Crippen LogP contribution in [-0.2, 0) is 24.9 Å². The quantitative estimate of drug-likeness (QED) is 0.297. The molecule has 1 heterocycles. The van der Waals surface area contributed by atoms with Crippen molar-refractivity contribution in [3.8, 4) is 0 Å². The second-order valence-corrected chi connectivity index (χ2v) is 11.6. The number of hydrogen-bond donors (Lipinski definition) is 2. The largest absolute Gasteiger partial charge is 0.296 e. The molecule has 0 saturated carbocycles. The molecule has 3 aromatic carbocycles. The Labute approximate surface area is 222 Å². The van der Waals surface area contributed by atoms with Crippen molar-refractivity contribution >= 4 is 72.0 Å². The monoisotopic (exact) mass is 581 g/mol. The highest BCUT2D eigenvalue weighted by molar-refractivity contribution is 7.92. The Morgan fingerprint density at radius 2 is 1.68 bits per heavy atom. The Morgan fingerprint density at radius 1 is 0.973 bits per heavy atom. The highest BCUT2D eigenvalue weighted by Crippen LogP contribution is 2.36. The van der Waals surface area contributed by atoms with Gasteiger partial charge in [-0.3, -0.25) is 14.1 Å². The van der Waals surface area contributed by atoms with Crippen molar-refractivity contribution in [2.24, 2.45) is 15.3 Å². The van der Waals surface area contributed by atoms with Gasteiger partial charge in [0.25, 0.3) is 26.0 Å². The van der Waals surface area contributed by atoms with E-state index in [0.29, 0.717) is 5.69 Å². The number of hydrogen-bond acceptors (Lipinski definition) is 8. The van der Waals surface area contributed by atoms with Crippen LogP contribution in [0.3, 0.4) is 0 Å². The van der Waals surface area contributed by atoms with E-state index in [0.717, 1.165) is 17.1 Å². The van der Waals surface area contributed by atoms with Crippen LogP contribution in [0.2, 0.25) is 10.0 Å². The van der Waals surface area contributed by atoms with Crippen molar-refractivity contribution in [1.29, 1.82) is 0 Å². The number of sulfonamides is 1. The van der Waals surface area contributed by atoms with Gasteiger partial charge in [0.15, 0.2) is 6.04 Å². The van der Waals surface area contributed by atoms with E-state index in [4.69, 9.17) is 23.2 Å². The number of azo groups is 1. The van der Waals surface area contributed by atoms with Gasteiger partial charge < -0.3 is 0 Å². The number of anilines is 2. The Kier molecular flexibility index (Phi) is 7.35. The SMILES string of the molecule is CC1=NN(c2cc(Cl)c(S(=O)(=O)O)cc2Cl)C(=O)C1N=Nc1cccc(S(=O)(=O)Nc2ccccc2)c1. The van der Waals surface area contributed by atoms with E-state index in [9.17, 15) is 26.2 Å². The first-order chi connectivity index (χ1) is 17.4. The summed E-state index contributed by atoms with van der Waals surface area (Å²) >= 11 is 12.1. The fraction of sp³-hybridized carbons (Fsp3) is 0.0909. The molecule has 2 N–H and O–H groups in total. The van der Waals surface area contributed by atoms with Crippen LogP contribution >= 0.6 is 23.2 Å². The molecular formula is C22H17Cl2N5O6S2. The van der Waals surface area contributed by atoms with Crippen LogP contribution in [0.5, 0.6) is 0 Å². The van der Waals surface area contributed by atoms with Gasteiger partial charge in [-0.1, -0.05) is 47.5 Å². The summed E-state index contributed by atoms with van der Waals surface area (Å²) in [5.41, 5.74) is 0.783. The zero-order valence-electron chi connectivity index (χ0n) is 18.8. The normalized spacial score (nSPS) is 16.3. The molecule has 11 nitrogen and oxygen atoms in total. The molecule has 0 fully saturated rings. The summed E-state index contributed by atoms with van der Waals surface area (Å²) in [6, 6.07) is 14.9. The fourth-order valence-electron chi connectivity index (χ4n) is 3.30. The third-order valence-electron chi connectivity index (χ3n) is 5.05. The van der Waals surface area contributed by atoms with Gasteiger partial charge in [-0.15, -0.1) is 0 Å². The third-order valence-corrected chi connectivity index (χ3v) is 8.05. The van der Waals surface area contributed by atoms with Crippen molar-refractivity contribution in [1.82, 2.24) is 0 Å². The molecular weight excluding hydrogens is 565 g/mol. The molecule has 0 spiro atoms. The van der Waals surface area contributed by atoms with Gasteiger partial charge >= 0.3 is 0 Å². The molecule has 1 amide bonds. The van der Waals surface area contributed by atoms with Gasteiger partial charge in [-0.2, -0.15) is 28.8 Å². The molecule has 1 atom stereocenters. The van der Waals surface area contributed by atoms with Crippen molar-refractivity contribution in [3.63, 3.8) is 0 Å². The minimum absolute atomic E-state index is 0.0267. The third kappa shape index (κ3) is 5.81. The van der Waals surface area contributed by atoms with Crippen LogP contribution in [0.15, 0.2) is 91.9 Å². The first kappa shape index (κ1) is 26.7. The minimum atomic E-state index is -4.64. The molecule has 0 aliphatic carbocycles. The zero-order chi connectivity index (χ0) is 27.0. The standard InChI is InChI=1S/C22H17Cl2N5O6S2/c1-13-21(22(30)29(27-13)19-11-18(24)20(12-17(19)23)37(33,34)35)26-25-15-8-5-9-16(10-15)36(31,32)28-14-6-3-2-4-7-14/h2-12,21,28H,1H3,(H,33,34,35). The number of para-hydroxylation sites is 1. The molecule has 3 aromatic rings. The van der Waals surface area contributed by atoms with Gasteiger partial charge in [0.2, 0.25) is 0 Å². The van der Waals surface area contributed by atoms with Crippen LogP contribution in [0.25, 0.3) is 0 Å². The average molecular weight is 582 g/mol. The van der Waals surface area contributed by atoms with Gasteiger partial charge in [0, 0.05) is 5.69 Å². The number of carbonyl (C=O) groups excluding carboxylic acids is 1. The number of benzene rings is 3. The molecule has 4 rings (SSSR count). The number of nitrogens with one attached hydrogen (secondary N) is 1. The summed E-state index contributed by atoms with van der Waals surface area (Å²) in [7, 11) is -8.54. The lowest BCUT2D eigenvalue weighted by molar-refractivity contribution is -0.117. The maximum Gasteiger partial charge on any atom is 0.296 e. The molecule has 15 heteroatoms. The van der Waals surface area contributed by atoms with Gasteiger partial charge in [-0.25, -0.2) is 8.42 Å². The highest BCUT2D eigenvalue weighted by Gasteiger charge is 2.36. The van der Waals surface area contributed by atoms with Crippen LogP contribution < -0.4 is 9.73 Å². The number of halogens is 2. The molecule has 37 heavy (non-hydrogen) atoms. The minimum Gasteiger partial charge on any atom is -0.282 e. The second-order valence-electron chi connectivity index (χ2n) is 7.69. The topological polar surface area (TPSA) is 158 Å². The van der Waals surface area contributed by atoms with Crippen LogP contribution in [0.1, 0.15) is 6.92 Å². The fourth-order valence-corrected chi connectivity index (χ4v) is 5.73. The van der Waals surface area contributed by atoms with Crippen molar-refractivity contribution < 1.29 is 26.2 Å². The van der Waals surface area contributed by atoms with Gasteiger partial charge in [0.05, 0.1) is 32.0 Å². The molecule has 1 aliphatic rings. The Bertz CT molecular complexity index is 1660. The number of rotatable bonds is 7. The van der Waals surface area contributed by atoms with E-state index in [1.165, 1.54) is 31.2 Å². The lowest BCUT2D eigenvalue weighted by Crippen LogP contribution is -2.30. The number of nitrogens with zero attached hydrogens (tertiary/aromatic N) is 4. The highest BCUT2D eigenvalue weighted by atomic mass is 35.5. The van der Waals surface area contributed by atoms with E-state index < -0.39 is 37.0 Å². The van der Waals surface area contributed by atoms with E-state index in [2.05, 4.69) is 20.1 Å². The predicted octanol–water partition coefficient (Wildman–Crippen LogP) is 4.92. The molecule has 0 radical (unpaired) electrons. The Hall–Kier alpha value is -3.36. The van der Waals surface area contributed by atoms with Crippen LogP contribution in [0.4, 0.5) is 17.1 Å². The van der Waals surface area contributed by atoms with Crippen molar-refractivity contribution in [2.75, 3.05) is 9.73 Å². The number of carbonyl (C=O) groups is 1. The maximum absolute atomic E-state index is 13.0. The Balaban J connectivity index is 1.56. The van der Waals surface area contributed by atoms with Gasteiger partial charge in [-0.05, 0) is 49.4 Å². The lowest BCUT2D eigenvalue weighted by Gasteiger charge is -2.15. The van der Waals surface area contributed by atoms with Crippen molar-refractivity contribution in [2.45, 2.75) is 22.8 Å². The summed E-state index contributed by atoms with van der Waals surface area (Å²) in [5.74, 6) is -0.659. The van der Waals surface area contributed by atoms with Crippen molar-refractivity contribution in [3.05, 3.63) is 76.8 Å². The van der Waals surface area contributed by atoms with E-state index in [-0.39, 0.29) is 32.0 Å². The molecule has 1 unspecified atom stereocenters. The first-order valence-corrected chi connectivity index (χ1v) is 14.0. The number of hydrazone groups is 1. The molecule has 0 aromatic heterocycles. The van der Waals surface area contributed by atoms with E-state index >= 15 is 0 Å². The molecule has 192 valence electrons. The average Bonchev–Trinajstić information content (AvgIpc) is 3.11. The van der Waals surface area contributed by atoms with E-state index in [1.807, 2.05) is 0 Å². The summed E-state index contributed by atoms with van der Waals surface area (Å²) in [6.45, 7) is 1.52. The Morgan fingerprint density at radius 3 is 2.35 bits per heavy atom. The molecule has 1 aliphatic heterocycles. The first-order valence-electron chi connectivity index (χ1n) is 10.3. The predicted molar refractivity (Wildman–Crippen MR) is 139 cm³/mol.